The Morgan fingerprint density at radius 1 is 1.36 bits per heavy atom. The Labute approximate surface area is 106 Å². The van der Waals surface area contributed by atoms with Gasteiger partial charge in [0.25, 0.3) is 0 Å². The molecule has 0 heterocycles. The summed E-state index contributed by atoms with van der Waals surface area (Å²) in [6.07, 6.45) is 2.62. The van der Waals surface area contributed by atoms with Crippen LogP contribution in [0.5, 0.6) is 0 Å². The Balaban J connectivity index is 3.11. The molecule has 0 spiro atoms. The number of halogens is 3. The molecule has 0 aliphatic heterocycles. The first-order valence-electron chi connectivity index (χ1n) is 4.06. The van der Waals surface area contributed by atoms with E-state index in [2.05, 4.69) is 38.4 Å². The van der Waals surface area contributed by atoms with Gasteiger partial charge in [0.15, 0.2) is 0 Å². The van der Waals surface area contributed by atoms with E-state index in [-0.39, 0.29) is 0 Å². The lowest BCUT2D eigenvalue weighted by Crippen LogP contribution is -1.81. The van der Waals surface area contributed by atoms with Crippen LogP contribution in [0.15, 0.2) is 41.4 Å². The molecule has 0 atom stereocenters. The second-order valence-electron chi connectivity index (χ2n) is 2.69. The molecule has 0 unspecified atom stereocenters. The summed E-state index contributed by atoms with van der Waals surface area (Å²) in [5.74, 6) is 0. The van der Waals surface area contributed by atoms with Crippen molar-refractivity contribution >= 4 is 47.9 Å². The zero-order valence-electron chi connectivity index (χ0n) is 7.43. The average molecular weight is 336 g/mol. The highest BCUT2D eigenvalue weighted by atomic mass is 79.9. The molecule has 0 saturated carbocycles. The molecule has 0 nitrogen and oxygen atoms in total. The molecular weight excluding hydrogens is 327 g/mol. The third-order valence-electron chi connectivity index (χ3n) is 1.67. The largest absolute Gasteiger partial charge is 0.103 e. The first-order valence-corrected chi connectivity index (χ1v) is 6.03. The van der Waals surface area contributed by atoms with Crippen molar-refractivity contribution in [2.24, 2.45) is 0 Å². The van der Waals surface area contributed by atoms with Crippen molar-refractivity contribution in [3.05, 3.63) is 52.0 Å². The molecule has 0 saturated heterocycles. The lowest BCUT2D eigenvalue weighted by atomic mass is 10.2. The van der Waals surface area contributed by atoms with Gasteiger partial charge in [0.05, 0.1) is 0 Å². The van der Waals surface area contributed by atoms with E-state index in [9.17, 15) is 0 Å². The van der Waals surface area contributed by atoms with E-state index in [0.29, 0.717) is 0 Å². The highest BCUT2D eigenvalue weighted by molar-refractivity contribution is 9.16. The molecule has 0 N–H and O–H groups in total. The lowest BCUT2D eigenvalue weighted by Gasteiger charge is -2.04. The van der Waals surface area contributed by atoms with E-state index in [1.807, 2.05) is 30.3 Å². The number of rotatable bonds is 3. The Morgan fingerprint density at radius 3 is 2.57 bits per heavy atom. The highest BCUT2D eigenvalue weighted by Gasteiger charge is 2.06. The predicted molar refractivity (Wildman–Crippen MR) is 71.0 cm³/mol. The smallest absolute Gasteiger partial charge is 0.0489 e. The molecular formula is C11H9Br2Cl. The minimum Gasteiger partial charge on any atom is -0.103 e. The van der Waals surface area contributed by atoms with Gasteiger partial charge < -0.3 is 0 Å². The zero-order valence-corrected chi connectivity index (χ0v) is 11.4. The highest BCUT2D eigenvalue weighted by Crippen LogP contribution is 2.34. The van der Waals surface area contributed by atoms with E-state index in [0.717, 1.165) is 26.0 Å². The number of benzene rings is 1. The van der Waals surface area contributed by atoms with Crippen LogP contribution in [-0.2, 0) is 0 Å². The molecule has 1 aromatic rings. The maximum absolute atomic E-state index is 6.05. The first kappa shape index (κ1) is 12.0. The van der Waals surface area contributed by atoms with Crippen molar-refractivity contribution < 1.29 is 0 Å². The molecule has 1 rings (SSSR count). The summed E-state index contributed by atoms with van der Waals surface area (Å²) < 4.78 is 2.02. The summed E-state index contributed by atoms with van der Waals surface area (Å²) in [4.78, 5) is 0. The molecule has 3 heteroatoms. The van der Waals surface area contributed by atoms with Gasteiger partial charge >= 0.3 is 0 Å². The Morgan fingerprint density at radius 2 is 2.00 bits per heavy atom. The topological polar surface area (TPSA) is 0 Å². The van der Waals surface area contributed by atoms with Gasteiger partial charge in [-0.1, -0.05) is 51.8 Å². The van der Waals surface area contributed by atoms with Gasteiger partial charge in [-0.3, -0.25) is 0 Å². The first-order chi connectivity index (χ1) is 6.66. The van der Waals surface area contributed by atoms with Gasteiger partial charge in [0, 0.05) is 19.6 Å². The fourth-order valence-electron chi connectivity index (χ4n) is 1.00. The molecule has 0 radical (unpaired) electrons. The summed E-state index contributed by atoms with van der Waals surface area (Å²) in [6.45, 7) is 3.68. The molecule has 1 aromatic carbocycles. The molecule has 0 aliphatic rings. The minimum absolute atomic E-state index is 0.736. The van der Waals surface area contributed by atoms with Crippen LogP contribution in [0, 0.1) is 0 Å². The van der Waals surface area contributed by atoms with Gasteiger partial charge in [0.1, 0.15) is 0 Å². The summed E-state index contributed by atoms with van der Waals surface area (Å²) in [5.41, 5.74) is 0.989. The normalized spacial score (nSPS) is 12.2. The minimum atomic E-state index is 0.736. The summed E-state index contributed by atoms with van der Waals surface area (Å²) in [6, 6.07) is 7.70. The van der Waals surface area contributed by atoms with Crippen LogP contribution in [0.1, 0.15) is 12.0 Å². The van der Waals surface area contributed by atoms with Crippen LogP contribution in [0.25, 0.3) is 4.48 Å². The van der Waals surface area contributed by atoms with Crippen LogP contribution in [0.4, 0.5) is 0 Å². The average Bonchev–Trinajstić information content (AvgIpc) is 2.18. The van der Waals surface area contributed by atoms with Gasteiger partial charge in [-0.25, -0.2) is 0 Å². The third-order valence-corrected chi connectivity index (χ3v) is 4.16. The predicted octanol–water partition coefficient (Wildman–Crippen LogP) is 5.37. The second-order valence-corrected chi connectivity index (χ2v) is 4.85. The number of allylic oxidation sites excluding steroid dienone is 2. The number of hydrogen-bond acceptors (Lipinski definition) is 0. The standard InChI is InChI=1S/C11H9Br2Cl/c1-2-5-9(12)11(13)8-6-3-4-7-10(8)14/h2-4,6-7H,1,5H2/b11-9-. The molecule has 0 amide bonds. The third kappa shape index (κ3) is 2.97. The maximum atomic E-state index is 6.05. The van der Waals surface area contributed by atoms with Gasteiger partial charge in [-0.15, -0.1) is 6.58 Å². The monoisotopic (exact) mass is 334 g/mol. The van der Waals surface area contributed by atoms with Crippen molar-refractivity contribution in [1.82, 2.24) is 0 Å². The Hall–Kier alpha value is -0.0500. The Kier molecular flexibility index (Phi) is 4.93. The van der Waals surface area contributed by atoms with E-state index in [1.165, 1.54) is 0 Å². The van der Waals surface area contributed by atoms with Crippen molar-refractivity contribution in [2.45, 2.75) is 6.42 Å². The molecule has 0 fully saturated rings. The van der Waals surface area contributed by atoms with Crippen LogP contribution in [0.3, 0.4) is 0 Å². The lowest BCUT2D eigenvalue weighted by molar-refractivity contribution is 1.39. The van der Waals surface area contributed by atoms with Crippen molar-refractivity contribution in [1.29, 1.82) is 0 Å². The Bertz CT molecular complexity index is 369. The van der Waals surface area contributed by atoms with E-state index in [1.54, 1.807) is 0 Å². The summed E-state index contributed by atoms with van der Waals surface area (Å²) >= 11 is 13.0. The fraction of sp³-hybridized carbons (Fsp3) is 0.0909. The SMILES string of the molecule is C=CC/C(Br)=C(/Br)c1ccccc1Cl. The molecule has 0 aliphatic carbocycles. The van der Waals surface area contributed by atoms with Crippen molar-refractivity contribution in [3.8, 4) is 0 Å². The van der Waals surface area contributed by atoms with Crippen LogP contribution in [0.2, 0.25) is 5.02 Å². The van der Waals surface area contributed by atoms with Crippen LogP contribution < -0.4 is 0 Å². The van der Waals surface area contributed by atoms with E-state index >= 15 is 0 Å². The van der Waals surface area contributed by atoms with Crippen LogP contribution >= 0.6 is 43.5 Å². The van der Waals surface area contributed by atoms with E-state index in [4.69, 9.17) is 11.6 Å². The van der Waals surface area contributed by atoms with Crippen molar-refractivity contribution in [2.75, 3.05) is 0 Å². The molecule has 74 valence electrons. The van der Waals surface area contributed by atoms with Crippen molar-refractivity contribution in [3.63, 3.8) is 0 Å². The quantitative estimate of drug-likeness (QED) is 0.651. The fourth-order valence-corrected chi connectivity index (χ4v) is 2.30. The maximum Gasteiger partial charge on any atom is 0.0489 e. The molecule has 0 aromatic heterocycles. The summed E-state index contributed by atoms with van der Waals surface area (Å²) in [7, 11) is 0. The molecule has 0 bridgehead atoms. The van der Waals surface area contributed by atoms with Gasteiger partial charge in [0.2, 0.25) is 0 Å². The van der Waals surface area contributed by atoms with Gasteiger partial charge in [-0.2, -0.15) is 0 Å². The van der Waals surface area contributed by atoms with E-state index < -0.39 is 0 Å². The van der Waals surface area contributed by atoms with Crippen LogP contribution in [-0.4, -0.2) is 0 Å². The number of hydrogen-bond donors (Lipinski definition) is 0. The summed E-state index contributed by atoms with van der Waals surface area (Å²) in [5, 5.41) is 0.736. The zero-order chi connectivity index (χ0) is 10.6. The van der Waals surface area contributed by atoms with Gasteiger partial charge in [-0.05, 0) is 28.4 Å². The molecule has 14 heavy (non-hydrogen) atoms. The second kappa shape index (κ2) is 5.74.